The number of aromatic nitrogens is 5. The highest BCUT2D eigenvalue weighted by Gasteiger charge is 2.19. The third-order valence-electron chi connectivity index (χ3n) is 10.8. The maximum Gasteiger partial charge on any atom is 0.238 e. The molecule has 0 amide bonds. The van der Waals surface area contributed by atoms with Crippen LogP contribution in [-0.2, 0) is 0 Å². The van der Waals surface area contributed by atoms with E-state index in [1.165, 1.54) is 32.9 Å². The molecule has 0 N–H and O–H groups in total. The molecule has 5 nitrogen and oxygen atoms in total. The van der Waals surface area contributed by atoms with Crippen molar-refractivity contribution in [1.29, 1.82) is 0 Å². The molecule has 11 rings (SSSR count). The van der Waals surface area contributed by atoms with Gasteiger partial charge in [-0.1, -0.05) is 164 Å². The number of para-hydroxylation sites is 2. The molecule has 0 saturated carbocycles. The smallest absolute Gasteiger partial charge is 0.238 e. The van der Waals surface area contributed by atoms with Gasteiger partial charge < -0.3 is 4.57 Å². The van der Waals surface area contributed by atoms with Crippen molar-refractivity contribution in [2.45, 2.75) is 0 Å². The van der Waals surface area contributed by atoms with E-state index in [0.29, 0.717) is 17.6 Å². The van der Waals surface area contributed by atoms with E-state index < -0.39 is 0 Å². The van der Waals surface area contributed by atoms with Gasteiger partial charge in [0.1, 0.15) is 0 Å². The number of nitrogens with zero attached hydrogens (tertiary/aromatic N) is 5. The minimum atomic E-state index is 0.581. The summed E-state index contributed by atoms with van der Waals surface area (Å²) in [4.78, 5) is 15.2. The van der Waals surface area contributed by atoms with Crippen molar-refractivity contribution in [2.24, 2.45) is 0 Å². The van der Waals surface area contributed by atoms with Crippen LogP contribution in [0.5, 0.6) is 0 Å². The highest BCUT2D eigenvalue weighted by atomic mass is 15.2. The number of benzene rings is 8. The molecule has 0 aliphatic rings. The summed E-state index contributed by atoms with van der Waals surface area (Å²) in [7, 11) is 0. The molecule has 0 spiro atoms. The number of rotatable bonds is 6. The van der Waals surface area contributed by atoms with Crippen LogP contribution in [0.1, 0.15) is 0 Å². The summed E-state index contributed by atoms with van der Waals surface area (Å²) in [6.45, 7) is 0. The lowest BCUT2D eigenvalue weighted by Crippen LogP contribution is -2.06. The molecule has 3 heterocycles. The van der Waals surface area contributed by atoms with E-state index in [9.17, 15) is 0 Å². The minimum absolute atomic E-state index is 0.581. The molecule has 0 fully saturated rings. The third-order valence-corrected chi connectivity index (χ3v) is 10.8. The molecule has 262 valence electrons. The Morgan fingerprint density at radius 3 is 1.20 bits per heavy atom. The van der Waals surface area contributed by atoms with Crippen molar-refractivity contribution < 1.29 is 0 Å². The SMILES string of the molecule is c1ccc(-c2ccc3c4ccccc4n(-c4ccc(-c5ccc6c7ccccc7n(-c7nc(-c8ccccc8)nc(-c8ccccc8)n7)c6c5)cc4)c3c2)cc1. The Balaban J connectivity index is 1.06. The van der Waals surface area contributed by atoms with Gasteiger partial charge in [0.2, 0.25) is 5.95 Å². The summed E-state index contributed by atoms with van der Waals surface area (Å²) in [6.07, 6.45) is 0. The highest BCUT2D eigenvalue weighted by molar-refractivity contribution is 6.11. The van der Waals surface area contributed by atoms with Crippen LogP contribution in [0.25, 0.3) is 100 Å². The van der Waals surface area contributed by atoms with Gasteiger partial charge in [-0.15, -0.1) is 0 Å². The molecule has 5 heteroatoms. The molecular weight excluding hydrogens is 683 g/mol. The molecule has 0 aliphatic heterocycles. The average molecular weight is 716 g/mol. The second kappa shape index (κ2) is 13.0. The zero-order valence-electron chi connectivity index (χ0n) is 30.3. The average Bonchev–Trinajstić information content (AvgIpc) is 3.79. The lowest BCUT2D eigenvalue weighted by molar-refractivity contribution is 0.953. The van der Waals surface area contributed by atoms with E-state index in [-0.39, 0.29) is 0 Å². The normalized spacial score (nSPS) is 11.6. The zero-order valence-corrected chi connectivity index (χ0v) is 30.3. The molecule has 56 heavy (non-hydrogen) atoms. The van der Waals surface area contributed by atoms with E-state index in [1.54, 1.807) is 0 Å². The molecule has 11 aromatic rings. The molecule has 0 atom stereocenters. The fourth-order valence-corrected chi connectivity index (χ4v) is 8.12. The Labute approximate surface area is 323 Å². The van der Waals surface area contributed by atoms with Crippen molar-refractivity contribution in [3.05, 3.63) is 200 Å². The molecule has 3 aromatic heterocycles. The first kappa shape index (κ1) is 31.9. The van der Waals surface area contributed by atoms with Gasteiger partial charge in [0.15, 0.2) is 11.6 Å². The Kier molecular flexibility index (Phi) is 7.42. The van der Waals surface area contributed by atoms with Gasteiger partial charge in [0, 0.05) is 38.4 Å². The van der Waals surface area contributed by atoms with E-state index in [1.807, 2.05) is 60.7 Å². The summed E-state index contributed by atoms with van der Waals surface area (Å²) >= 11 is 0. The predicted octanol–water partition coefficient (Wildman–Crippen LogP) is 12.7. The van der Waals surface area contributed by atoms with Crippen molar-refractivity contribution in [3.63, 3.8) is 0 Å². The van der Waals surface area contributed by atoms with Crippen LogP contribution in [-0.4, -0.2) is 24.1 Å². The van der Waals surface area contributed by atoms with Crippen molar-refractivity contribution >= 4 is 43.6 Å². The lowest BCUT2D eigenvalue weighted by Gasteiger charge is -2.12. The molecule has 0 unspecified atom stereocenters. The van der Waals surface area contributed by atoms with Crippen LogP contribution in [0.15, 0.2) is 200 Å². The molecule has 8 aromatic carbocycles. The second-order valence-electron chi connectivity index (χ2n) is 14.1. The first-order chi connectivity index (χ1) is 27.8. The van der Waals surface area contributed by atoms with E-state index in [0.717, 1.165) is 49.7 Å². The molecule has 0 saturated heterocycles. The van der Waals surface area contributed by atoms with Crippen molar-refractivity contribution in [1.82, 2.24) is 24.1 Å². The number of hydrogen-bond acceptors (Lipinski definition) is 3. The monoisotopic (exact) mass is 715 g/mol. The maximum absolute atomic E-state index is 5.13. The molecular formula is C51H33N5. The van der Waals surface area contributed by atoms with Gasteiger partial charge in [-0.25, -0.2) is 4.98 Å². The topological polar surface area (TPSA) is 48.5 Å². The van der Waals surface area contributed by atoms with Gasteiger partial charge in [-0.2, -0.15) is 9.97 Å². The lowest BCUT2D eigenvalue weighted by atomic mass is 10.0. The Bertz CT molecular complexity index is 3160. The summed E-state index contributed by atoms with van der Waals surface area (Å²) < 4.78 is 4.57. The van der Waals surface area contributed by atoms with E-state index in [2.05, 4.69) is 149 Å². The number of hydrogen-bond donors (Lipinski definition) is 0. The molecule has 0 radical (unpaired) electrons. The standard InChI is InChI=1S/C51H33N5/c1-4-14-34(15-5-1)38-26-30-43-41-20-10-12-22-45(41)55(47(43)32-38)40-28-24-35(25-29-40)39-27-31-44-42-21-11-13-23-46(42)56(48(44)33-39)51-53-49(36-16-6-2-7-17-36)52-50(54-51)37-18-8-3-9-19-37/h1-33H. The van der Waals surface area contributed by atoms with Crippen LogP contribution in [0.2, 0.25) is 0 Å². The minimum Gasteiger partial charge on any atom is -0.309 e. The van der Waals surface area contributed by atoms with Gasteiger partial charge >= 0.3 is 0 Å². The third kappa shape index (κ3) is 5.29. The Morgan fingerprint density at radius 2 is 0.661 bits per heavy atom. The first-order valence-electron chi connectivity index (χ1n) is 18.9. The highest BCUT2D eigenvalue weighted by Crippen LogP contribution is 2.37. The first-order valence-corrected chi connectivity index (χ1v) is 18.9. The largest absolute Gasteiger partial charge is 0.309 e. The van der Waals surface area contributed by atoms with Gasteiger partial charge in [-0.05, 0) is 58.7 Å². The summed E-state index contributed by atoms with van der Waals surface area (Å²) in [5, 5.41) is 4.78. The van der Waals surface area contributed by atoms with E-state index >= 15 is 0 Å². The van der Waals surface area contributed by atoms with Crippen molar-refractivity contribution in [2.75, 3.05) is 0 Å². The van der Waals surface area contributed by atoms with Crippen LogP contribution >= 0.6 is 0 Å². The van der Waals surface area contributed by atoms with Crippen LogP contribution < -0.4 is 0 Å². The van der Waals surface area contributed by atoms with Crippen LogP contribution in [0, 0.1) is 0 Å². The summed E-state index contributed by atoms with van der Waals surface area (Å²) in [5.74, 6) is 1.85. The Morgan fingerprint density at radius 1 is 0.268 bits per heavy atom. The maximum atomic E-state index is 5.13. The zero-order chi connectivity index (χ0) is 37.0. The number of fused-ring (bicyclic) bond motifs is 6. The summed E-state index contributed by atoms with van der Waals surface area (Å²) in [6, 6.07) is 70.5. The predicted molar refractivity (Wildman–Crippen MR) is 230 cm³/mol. The summed E-state index contributed by atoms with van der Waals surface area (Å²) in [5.41, 5.74) is 12.1. The molecule has 0 aliphatic carbocycles. The van der Waals surface area contributed by atoms with Crippen molar-refractivity contribution in [3.8, 4) is 56.7 Å². The van der Waals surface area contributed by atoms with Gasteiger partial charge in [0.05, 0.1) is 22.1 Å². The van der Waals surface area contributed by atoms with E-state index in [4.69, 9.17) is 15.0 Å². The fraction of sp³-hybridized carbons (Fsp3) is 0. The van der Waals surface area contributed by atoms with Crippen LogP contribution in [0.3, 0.4) is 0 Å². The Hall–Kier alpha value is -7.63. The second-order valence-corrected chi connectivity index (χ2v) is 14.1. The van der Waals surface area contributed by atoms with Gasteiger partial charge in [-0.3, -0.25) is 4.57 Å². The van der Waals surface area contributed by atoms with Gasteiger partial charge in [0.25, 0.3) is 0 Å². The fourth-order valence-electron chi connectivity index (χ4n) is 8.12. The van der Waals surface area contributed by atoms with Crippen LogP contribution in [0.4, 0.5) is 0 Å². The molecule has 0 bridgehead atoms. The quantitative estimate of drug-likeness (QED) is 0.172.